The van der Waals surface area contributed by atoms with Crippen molar-refractivity contribution in [1.29, 1.82) is 0 Å². The smallest absolute Gasteiger partial charge is 0.245 e. The zero-order chi connectivity index (χ0) is 19.8. The van der Waals surface area contributed by atoms with Crippen molar-refractivity contribution < 1.29 is 22.4 Å². The van der Waals surface area contributed by atoms with Crippen molar-refractivity contribution in [2.24, 2.45) is 5.92 Å². The molecule has 0 aliphatic carbocycles. The van der Waals surface area contributed by atoms with Gasteiger partial charge in [0.1, 0.15) is 11.9 Å². The zero-order valence-electron chi connectivity index (χ0n) is 15.5. The Kier molecular flexibility index (Phi) is 5.53. The third-order valence-electron chi connectivity index (χ3n) is 4.90. The number of hydrogen-bond donors (Lipinski definition) is 0. The lowest BCUT2D eigenvalue weighted by molar-refractivity contribution is -0.156. The molecule has 0 radical (unpaired) electrons. The lowest BCUT2D eigenvalue weighted by Gasteiger charge is -2.39. The van der Waals surface area contributed by atoms with Crippen LogP contribution in [0.5, 0.6) is 0 Å². The maximum absolute atomic E-state index is 13.1. The summed E-state index contributed by atoms with van der Waals surface area (Å²) in [6.45, 7) is 4.92. The van der Waals surface area contributed by atoms with E-state index in [0.717, 1.165) is 12.1 Å². The van der Waals surface area contributed by atoms with Crippen LogP contribution in [0.1, 0.15) is 20.3 Å². The van der Waals surface area contributed by atoms with E-state index < -0.39 is 21.9 Å². The molecule has 0 aromatic heterocycles. The summed E-state index contributed by atoms with van der Waals surface area (Å²) in [4.78, 5) is 28.4. The third kappa shape index (κ3) is 3.98. The highest BCUT2D eigenvalue weighted by Gasteiger charge is 2.42. The number of rotatable bonds is 4. The number of benzene rings is 1. The van der Waals surface area contributed by atoms with Crippen molar-refractivity contribution in [1.82, 2.24) is 14.1 Å². The van der Waals surface area contributed by atoms with Crippen LogP contribution in [0.4, 0.5) is 4.39 Å². The van der Waals surface area contributed by atoms with Crippen molar-refractivity contribution in [3.63, 3.8) is 0 Å². The lowest BCUT2D eigenvalue weighted by Crippen LogP contribution is -2.60. The molecule has 2 fully saturated rings. The summed E-state index contributed by atoms with van der Waals surface area (Å²) in [6.07, 6.45) is 0.250. The maximum Gasteiger partial charge on any atom is 0.245 e. The van der Waals surface area contributed by atoms with Crippen LogP contribution in [-0.2, 0) is 19.6 Å². The topological polar surface area (TPSA) is 78.0 Å². The lowest BCUT2D eigenvalue weighted by atomic mass is 10.1. The van der Waals surface area contributed by atoms with Crippen molar-refractivity contribution in [3.8, 4) is 0 Å². The van der Waals surface area contributed by atoms with Crippen LogP contribution in [-0.4, -0.2) is 73.1 Å². The van der Waals surface area contributed by atoms with Gasteiger partial charge in [-0.3, -0.25) is 9.59 Å². The van der Waals surface area contributed by atoms with E-state index in [4.69, 9.17) is 0 Å². The van der Waals surface area contributed by atoms with Crippen molar-refractivity contribution in [2.75, 3.05) is 32.7 Å². The molecule has 2 saturated heterocycles. The van der Waals surface area contributed by atoms with Gasteiger partial charge in [-0.2, -0.15) is 4.31 Å². The van der Waals surface area contributed by atoms with E-state index in [1.807, 2.05) is 13.8 Å². The first-order chi connectivity index (χ1) is 12.7. The molecule has 3 rings (SSSR count). The molecule has 7 nitrogen and oxygen atoms in total. The quantitative estimate of drug-likeness (QED) is 0.757. The average molecular weight is 397 g/mol. The molecule has 2 aliphatic heterocycles. The first-order valence-corrected chi connectivity index (χ1v) is 10.5. The first kappa shape index (κ1) is 19.8. The summed E-state index contributed by atoms with van der Waals surface area (Å²) in [5, 5.41) is 0. The molecule has 0 N–H and O–H groups in total. The second-order valence-electron chi connectivity index (χ2n) is 7.36. The number of hydrogen-bond acceptors (Lipinski definition) is 4. The predicted molar refractivity (Wildman–Crippen MR) is 96.7 cm³/mol. The summed E-state index contributed by atoms with van der Waals surface area (Å²) < 4.78 is 40.0. The van der Waals surface area contributed by atoms with E-state index in [1.54, 1.807) is 4.90 Å². The SMILES string of the molecule is CC(C)CN1CC(=O)N2CCN(S(=O)(=O)c3ccc(F)cc3)CCC2C1=O. The minimum Gasteiger partial charge on any atom is -0.331 e. The van der Waals surface area contributed by atoms with Gasteiger partial charge in [-0.15, -0.1) is 0 Å². The summed E-state index contributed by atoms with van der Waals surface area (Å²) in [5.41, 5.74) is 0. The normalized spacial score (nSPS) is 22.1. The fraction of sp³-hybridized carbons (Fsp3) is 0.556. The highest BCUT2D eigenvalue weighted by Crippen LogP contribution is 2.24. The molecule has 0 spiro atoms. The van der Waals surface area contributed by atoms with Crippen LogP contribution < -0.4 is 0 Å². The standard InChI is InChI=1S/C18H24FN3O4S/c1-13(2)11-20-12-17(23)22-10-9-21(8-7-16(22)18(20)24)27(25,26)15-5-3-14(19)4-6-15/h3-6,13,16H,7-12H2,1-2H3. The number of carbonyl (C=O) groups is 2. The van der Waals surface area contributed by atoms with Crippen molar-refractivity contribution >= 4 is 21.8 Å². The Morgan fingerprint density at radius 2 is 1.78 bits per heavy atom. The molecule has 2 amide bonds. The molecule has 2 aliphatic rings. The van der Waals surface area contributed by atoms with Gasteiger partial charge >= 0.3 is 0 Å². The fourth-order valence-electron chi connectivity index (χ4n) is 3.60. The molecule has 0 saturated carbocycles. The van der Waals surface area contributed by atoms with Crippen LogP contribution in [0, 0.1) is 11.7 Å². The Hall–Kier alpha value is -2.00. The summed E-state index contributed by atoms with van der Waals surface area (Å²) in [5.74, 6) is -0.538. The molecule has 1 atom stereocenters. The molecular weight excluding hydrogens is 373 g/mol. The Bertz CT molecular complexity index is 826. The summed E-state index contributed by atoms with van der Waals surface area (Å²) in [6, 6.07) is 4.03. The molecule has 1 unspecified atom stereocenters. The van der Waals surface area contributed by atoms with Gasteiger partial charge in [0.15, 0.2) is 0 Å². The van der Waals surface area contributed by atoms with E-state index in [2.05, 4.69) is 0 Å². The molecule has 1 aromatic rings. The van der Waals surface area contributed by atoms with Gasteiger partial charge in [0.05, 0.1) is 11.4 Å². The van der Waals surface area contributed by atoms with Crippen molar-refractivity contribution in [2.45, 2.75) is 31.2 Å². The van der Waals surface area contributed by atoms with Crippen LogP contribution in [0.3, 0.4) is 0 Å². The Balaban J connectivity index is 1.79. The van der Waals surface area contributed by atoms with E-state index in [1.165, 1.54) is 21.3 Å². The monoisotopic (exact) mass is 397 g/mol. The van der Waals surface area contributed by atoms with E-state index in [-0.39, 0.29) is 55.2 Å². The zero-order valence-corrected chi connectivity index (χ0v) is 16.3. The first-order valence-electron chi connectivity index (χ1n) is 9.04. The number of amides is 2. The molecule has 9 heteroatoms. The van der Waals surface area contributed by atoms with Crippen LogP contribution in [0.15, 0.2) is 29.2 Å². The highest BCUT2D eigenvalue weighted by molar-refractivity contribution is 7.89. The summed E-state index contributed by atoms with van der Waals surface area (Å²) >= 11 is 0. The molecule has 0 bridgehead atoms. The maximum atomic E-state index is 13.1. The largest absolute Gasteiger partial charge is 0.331 e. The molecule has 148 valence electrons. The Labute approximate surface area is 158 Å². The minimum atomic E-state index is -3.81. The molecular formula is C18H24FN3O4S. The van der Waals surface area contributed by atoms with E-state index in [0.29, 0.717) is 6.54 Å². The summed E-state index contributed by atoms with van der Waals surface area (Å²) in [7, 11) is -3.81. The van der Waals surface area contributed by atoms with Crippen LogP contribution >= 0.6 is 0 Å². The Morgan fingerprint density at radius 3 is 2.41 bits per heavy atom. The third-order valence-corrected chi connectivity index (χ3v) is 6.81. The van der Waals surface area contributed by atoms with Gasteiger partial charge in [0.2, 0.25) is 21.8 Å². The number of sulfonamides is 1. The number of nitrogens with zero attached hydrogens (tertiary/aromatic N) is 3. The van der Waals surface area contributed by atoms with E-state index >= 15 is 0 Å². The van der Waals surface area contributed by atoms with Gasteiger partial charge < -0.3 is 9.80 Å². The molecule has 27 heavy (non-hydrogen) atoms. The second-order valence-corrected chi connectivity index (χ2v) is 9.30. The number of halogens is 1. The number of fused-ring (bicyclic) bond motifs is 1. The minimum absolute atomic E-state index is 0.00265. The average Bonchev–Trinajstić information content (AvgIpc) is 2.83. The van der Waals surface area contributed by atoms with E-state index in [9.17, 15) is 22.4 Å². The molecule has 2 heterocycles. The predicted octanol–water partition coefficient (Wildman–Crippen LogP) is 0.915. The van der Waals surface area contributed by atoms with Gasteiger partial charge in [-0.25, -0.2) is 12.8 Å². The highest BCUT2D eigenvalue weighted by atomic mass is 32.2. The molecule has 1 aromatic carbocycles. The Morgan fingerprint density at radius 1 is 1.11 bits per heavy atom. The van der Waals surface area contributed by atoms with Gasteiger partial charge in [0, 0.05) is 26.2 Å². The van der Waals surface area contributed by atoms with Crippen LogP contribution in [0.2, 0.25) is 0 Å². The fourth-order valence-corrected chi connectivity index (χ4v) is 5.04. The van der Waals surface area contributed by atoms with Crippen LogP contribution in [0.25, 0.3) is 0 Å². The number of piperazine rings is 1. The van der Waals surface area contributed by atoms with Crippen molar-refractivity contribution in [3.05, 3.63) is 30.1 Å². The second kappa shape index (κ2) is 7.55. The van der Waals surface area contributed by atoms with Gasteiger partial charge in [-0.05, 0) is 36.6 Å². The number of carbonyl (C=O) groups excluding carboxylic acids is 2. The van der Waals surface area contributed by atoms with Gasteiger partial charge in [-0.1, -0.05) is 13.8 Å². The van der Waals surface area contributed by atoms with Gasteiger partial charge in [0.25, 0.3) is 0 Å².